The highest BCUT2D eigenvalue weighted by Crippen LogP contribution is 2.45. The van der Waals surface area contributed by atoms with Crippen LogP contribution in [0.2, 0.25) is 5.02 Å². The van der Waals surface area contributed by atoms with E-state index in [1.807, 2.05) is 0 Å². The first-order chi connectivity index (χ1) is 13.1. The molecule has 1 heterocycles. The highest BCUT2D eigenvalue weighted by Gasteiger charge is 2.49. The minimum atomic E-state index is -5.72. The summed E-state index contributed by atoms with van der Waals surface area (Å²) in [6.45, 7) is 0. The van der Waals surface area contributed by atoms with Crippen molar-refractivity contribution in [3.05, 3.63) is 59.6 Å². The number of H-pyrrole nitrogens is 1. The van der Waals surface area contributed by atoms with Gasteiger partial charge in [-0.15, -0.1) is 0 Å². The number of rotatable bonds is 2. The lowest BCUT2D eigenvalue weighted by molar-refractivity contribution is -0.0435. The number of phenols is 1. The molecule has 0 unspecified atom stereocenters. The van der Waals surface area contributed by atoms with E-state index in [1.165, 1.54) is 24.3 Å². The van der Waals surface area contributed by atoms with Gasteiger partial charge in [0.15, 0.2) is 0 Å². The molecule has 0 saturated carbocycles. The molecule has 0 saturated heterocycles. The first-order valence-corrected chi connectivity index (χ1v) is 9.81. The van der Waals surface area contributed by atoms with Gasteiger partial charge in [-0.05, 0) is 29.0 Å². The first-order valence-electron chi connectivity index (χ1n) is 7.95. The SMILES string of the molecule is O=S(=O)(c1c(-c2c(O)ccc3ccccc23)[nH]c2cc(Cl)ccc12)C(F)(F)F. The number of aromatic hydroxyl groups is 1. The minimum absolute atomic E-state index is 0.0340. The average molecular weight is 426 g/mol. The summed E-state index contributed by atoms with van der Waals surface area (Å²) >= 11 is 5.92. The second-order valence-electron chi connectivity index (χ2n) is 6.15. The van der Waals surface area contributed by atoms with E-state index >= 15 is 0 Å². The van der Waals surface area contributed by atoms with E-state index < -0.39 is 20.2 Å². The number of hydrogen-bond acceptors (Lipinski definition) is 3. The monoisotopic (exact) mass is 425 g/mol. The highest BCUT2D eigenvalue weighted by atomic mass is 35.5. The lowest BCUT2D eigenvalue weighted by atomic mass is 10.0. The molecule has 0 radical (unpaired) electrons. The van der Waals surface area contributed by atoms with E-state index in [0.29, 0.717) is 10.8 Å². The molecule has 0 fully saturated rings. The molecule has 0 aliphatic carbocycles. The van der Waals surface area contributed by atoms with Gasteiger partial charge in [0.05, 0.1) is 5.69 Å². The van der Waals surface area contributed by atoms with Crippen molar-refractivity contribution in [1.82, 2.24) is 4.98 Å². The second-order valence-corrected chi connectivity index (χ2v) is 8.46. The maximum Gasteiger partial charge on any atom is 0.502 e. The average Bonchev–Trinajstić information content (AvgIpc) is 2.99. The standard InChI is InChI=1S/C19H11ClF3NO3S/c20-11-6-7-13-14(9-11)24-17(18(13)28(26,27)19(21,22)23)16-12-4-2-1-3-10(12)5-8-15(16)25/h1-9,24-25H. The molecule has 0 aliphatic rings. The number of phenolic OH excluding ortho intramolecular Hbond substituents is 1. The number of aromatic nitrogens is 1. The summed E-state index contributed by atoms with van der Waals surface area (Å²) in [7, 11) is -5.72. The summed E-state index contributed by atoms with van der Waals surface area (Å²) in [4.78, 5) is 1.76. The Morgan fingerprint density at radius 2 is 1.68 bits per heavy atom. The van der Waals surface area contributed by atoms with Gasteiger partial charge in [0.2, 0.25) is 0 Å². The number of aromatic amines is 1. The van der Waals surface area contributed by atoms with Gasteiger partial charge in [0.1, 0.15) is 10.6 Å². The molecular weight excluding hydrogens is 415 g/mol. The van der Waals surface area contributed by atoms with Gasteiger partial charge in [0.25, 0.3) is 9.84 Å². The summed E-state index contributed by atoms with van der Waals surface area (Å²) in [5, 5.41) is 11.5. The number of alkyl halides is 3. The fourth-order valence-corrected chi connectivity index (χ4v) is 4.53. The number of halogens is 4. The fraction of sp³-hybridized carbons (Fsp3) is 0.0526. The van der Waals surface area contributed by atoms with Gasteiger partial charge in [-0.3, -0.25) is 0 Å². The molecule has 0 amide bonds. The zero-order chi connectivity index (χ0) is 20.3. The lowest BCUT2D eigenvalue weighted by Crippen LogP contribution is -2.23. The van der Waals surface area contributed by atoms with Gasteiger partial charge in [0, 0.05) is 21.5 Å². The van der Waals surface area contributed by atoms with Crippen molar-refractivity contribution < 1.29 is 26.7 Å². The quantitative estimate of drug-likeness (QED) is 0.436. The van der Waals surface area contributed by atoms with E-state index in [-0.39, 0.29) is 32.9 Å². The van der Waals surface area contributed by atoms with Gasteiger partial charge in [-0.1, -0.05) is 48.0 Å². The molecule has 0 bridgehead atoms. The van der Waals surface area contributed by atoms with Crippen molar-refractivity contribution in [2.75, 3.05) is 0 Å². The second kappa shape index (κ2) is 6.15. The van der Waals surface area contributed by atoms with E-state index in [2.05, 4.69) is 4.98 Å². The number of benzene rings is 3. The smallest absolute Gasteiger partial charge is 0.502 e. The van der Waals surface area contributed by atoms with Crippen molar-refractivity contribution in [2.24, 2.45) is 0 Å². The topological polar surface area (TPSA) is 70.2 Å². The van der Waals surface area contributed by atoms with E-state index in [9.17, 15) is 26.7 Å². The molecule has 0 spiro atoms. The Morgan fingerprint density at radius 3 is 2.39 bits per heavy atom. The van der Waals surface area contributed by atoms with Crippen LogP contribution >= 0.6 is 11.6 Å². The van der Waals surface area contributed by atoms with Crippen molar-refractivity contribution in [1.29, 1.82) is 0 Å². The molecule has 4 nitrogen and oxygen atoms in total. The van der Waals surface area contributed by atoms with Crippen molar-refractivity contribution in [3.8, 4) is 17.0 Å². The molecule has 28 heavy (non-hydrogen) atoms. The molecule has 0 aliphatic heterocycles. The van der Waals surface area contributed by atoms with Crippen LogP contribution < -0.4 is 0 Å². The van der Waals surface area contributed by atoms with E-state index in [0.717, 1.165) is 0 Å². The molecular formula is C19H11ClF3NO3S. The predicted octanol–water partition coefficient (Wildman–Crippen LogP) is 5.64. The summed E-state index contributed by atoms with van der Waals surface area (Å²) in [5.74, 6) is -0.352. The predicted molar refractivity (Wildman–Crippen MR) is 101 cm³/mol. The summed E-state index contributed by atoms with van der Waals surface area (Å²) in [6, 6.07) is 13.4. The zero-order valence-electron chi connectivity index (χ0n) is 13.9. The third-order valence-electron chi connectivity index (χ3n) is 4.44. The Morgan fingerprint density at radius 1 is 0.964 bits per heavy atom. The summed E-state index contributed by atoms with van der Waals surface area (Å²) in [6.07, 6.45) is 0. The van der Waals surface area contributed by atoms with E-state index in [1.54, 1.807) is 30.3 Å². The lowest BCUT2D eigenvalue weighted by Gasteiger charge is -2.13. The van der Waals surface area contributed by atoms with Crippen LogP contribution in [0, 0.1) is 0 Å². The normalized spacial score (nSPS) is 12.7. The maximum absolute atomic E-state index is 13.4. The van der Waals surface area contributed by atoms with Crippen molar-refractivity contribution >= 4 is 43.1 Å². The summed E-state index contributed by atoms with van der Waals surface area (Å²) in [5.41, 5.74) is -5.79. The Labute approximate surface area is 162 Å². The van der Waals surface area contributed by atoms with Crippen LogP contribution in [-0.4, -0.2) is 24.0 Å². The maximum atomic E-state index is 13.4. The molecule has 2 N–H and O–H groups in total. The molecule has 0 atom stereocenters. The number of hydrogen-bond donors (Lipinski definition) is 2. The minimum Gasteiger partial charge on any atom is -0.507 e. The number of nitrogens with one attached hydrogen (secondary N) is 1. The number of fused-ring (bicyclic) bond motifs is 2. The molecule has 4 aromatic rings. The highest BCUT2D eigenvalue weighted by molar-refractivity contribution is 7.92. The van der Waals surface area contributed by atoms with Gasteiger partial charge in [-0.25, -0.2) is 8.42 Å². The van der Waals surface area contributed by atoms with Gasteiger partial charge in [-0.2, -0.15) is 13.2 Å². The van der Waals surface area contributed by atoms with Crippen molar-refractivity contribution in [3.63, 3.8) is 0 Å². The molecule has 144 valence electrons. The van der Waals surface area contributed by atoms with Crippen LogP contribution in [0.5, 0.6) is 5.75 Å². The van der Waals surface area contributed by atoms with Gasteiger partial charge >= 0.3 is 5.51 Å². The van der Waals surface area contributed by atoms with E-state index in [4.69, 9.17) is 11.6 Å². The van der Waals surface area contributed by atoms with Crippen molar-refractivity contribution in [2.45, 2.75) is 10.4 Å². The first kappa shape index (κ1) is 18.6. The van der Waals surface area contributed by atoms with Crippen LogP contribution in [0.3, 0.4) is 0 Å². The zero-order valence-corrected chi connectivity index (χ0v) is 15.5. The van der Waals surface area contributed by atoms with Gasteiger partial charge < -0.3 is 10.1 Å². The Kier molecular flexibility index (Phi) is 4.09. The van der Waals surface area contributed by atoms with Crippen LogP contribution in [0.1, 0.15) is 0 Å². The largest absolute Gasteiger partial charge is 0.507 e. The Bertz CT molecular complexity index is 1340. The van der Waals surface area contributed by atoms with Crippen LogP contribution in [0.15, 0.2) is 59.5 Å². The summed E-state index contributed by atoms with van der Waals surface area (Å²) < 4.78 is 65.1. The van der Waals surface area contributed by atoms with Crippen LogP contribution in [0.25, 0.3) is 32.9 Å². The van der Waals surface area contributed by atoms with Crippen LogP contribution in [-0.2, 0) is 9.84 Å². The molecule has 3 aromatic carbocycles. The Hall–Kier alpha value is -2.71. The molecule has 4 rings (SSSR count). The van der Waals surface area contributed by atoms with Crippen LogP contribution in [0.4, 0.5) is 13.2 Å². The molecule has 1 aromatic heterocycles. The fourth-order valence-electron chi connectivity index (χ4n) is 3.24. The third kappa shape index (κ3) is 2.71. The molecule has 9 heteroatoms. The third-order valence-corrected chi connectivity index (χ3v) is 6.25. The Balaban J connectivity index is 2.21. The number of sulfone groups is 1.